The number of hydrogen-bond donors (Lipinski definition) is 1. The Labute approximate surface area is 146 Å². The van der Waals surface area contributed by atoms with Crippen LogP contribution in [-0.2, 0) is 9.53 Å². The standard InChI is InChI=1S/C12H13N3O4.C5H10O/c1-8-10-3-2-9(12(17)13-14-18)6-11(10)19-5-4-15(8)7-16;1-5(2)3-6-4-5/h2-3,6-8H,4-5H2,1H3,(H,13,17,18);3-4H2,1-2H3. The lowest BCUT2D eigenvalue weighted by Gasteiger charge is -2.33. The van der Waals surface area contributed by atoms with Crippen molar-refractivity contribution in [2.24, 2.45) is 10.7 Å². The Morgan fingerprint density at radius 3 is 2.60 bits per heavy atom. The van der Waals surface area contributed by atoms with Gasteiger partial charge >= 0.3 is 0 Å². The van der Waals surface area contributed by atoms with Gasteiger partial charge in [-0.3, -0.25) is 9.59 Å². The van der Waals surface area contributed by atoms with Crippen molar-refractivity contribution in [2.75, 3.05) is 26.4 Å². The summed E-state index contributed by atoms with van der Waals surface area (Å²) in [7, 11) is 0. The third-order valence-corrected chi connectivity index (χ3v) is 4.10. The first-order valence-corrected chi connectivity index (χ1v) is 8.06. The fourth-order valence-electron chi connectivity index (χ4n) is 2.54. The van der Waals surface area contributed by atoms with E-state index in [1.54, 1.807) is 23.1 Å². The van der Waals surface area contributed by atoms with Gasteiger partial charge in [-0.25, -0.2) is 5.43 Å². The molecule has 2 heterocycles. The van der Waals surface area contributed by atoms with Crippen LogP contribution in [0.15, 0.2) is 23.5 Å². The van der Waals surface area contributed by atoms with E-state index in [1.807, 2.05) is 12.3 Å². The van der Waals surface area contributed by atoms with Gasteiger partial charge in [-0.15, -0.1) is 4.91 Å². The fourth-order valence-corrected chi connectivity index (χ4v) is 2.54. The number of carbonyl (C=O) groups is 2. The Hall–Kier alpha value is -2.48. The number of nitrogens with zero attached hydrogens (tertiary/aromatic N) is 2. The highest BCUT2D eigenvalue weighted by Gasteiger charge is 2.26. The summed E-state index contributed by atoms with van der Waals surface area (Å²) in [6.07, 6.45) is 0.778. The zero-order valence-electron chi connectivity index (χ0n) is 14.7. The number of benzene rings is 1. The first kappa shape index (κ1) is 18.9. The largest absolute Gasteiger partial charge is 0.491 e. The van der Waals surface area contributed by atoms with Crippen molar-refractivity contribution in [3.05, 3.63) is 34.2 Å². The highest BCUT2D eigenvalue weighted by atomic mass is 16.5. The average Bonchev–Trinajstić information content (AvgIpc) is 2.73. The summed E-state index contributed by atoms with van der Waals surface area (Å²) in [5.41, 5.74) is 3.43. The van der Waals surface area contributed by atoms with E-state index in [4.69, 9.17) is 9.47 Å². The van der Waals surface area contributed by atoms with Crippen LogP contribution in [-0.4, -0.2) is 43.6 Å². The van der Waals surface area contributed by atoms with Crippen LogP contribution in [0.5, 0.6) is 5.75 Å². The molecule has 0 bridgehead atoms. The normalized spacial score (nSPS) is 20.4. The van der Waals surface area contributed by atoms with E-state index >= 15 is 0 Å². The predicted molar refractivity (Wildman–Crippen MR) is 91.0 cm³/mol. The molecule has 1 aromatic carbocycles. The number of hydrogen-bond acceptors (Lipinski definition) is 6. The molecule has 8 heteroatoms. The van der Waals surface area contributed by atoms with Crippen LogP contribution in [0.1, 0.15) is 42.7 Å². The lowest BCUT2D eigenvalue weighted by molar-refractivity contribution is -0.120. The molecule has 0 spiro atoms. The lowest BCUT2D eigenvalue weighted by Crippen LogP contribution is -2.36. The maximum absolute atomic E-state index is 11.5. The first-order valence-electron chi connectivity index (χ1n) is 8.06. The van der Waals surface area contributed by atoms with Gasteiger partial charge in [0, 0.05) is 16.5 Å². The van der Waals surface area contributed by atoms with Crippen molar-refractivity contribution in [1.29, 1.82) is 0 Å². The van der Waals surface area contributed by atoms with Crippen LogP contribution in [0.3, 0.4) is 0 Å². The summed E-state index contributed by atoms with van der Waals surface area (Å²) in [5.74, 6) is -0.0547. The van der Waals surface area contributed by atoms with Gasteiger partial charge in [0.1, 0.15) is 12.4 Å². The van der Waals surface area contributed by atoms with Crippen molar-refractivity contribution < 1.29 is 19.1 Å². The van der Waals surface area contributed by atoms with E-state index in [2.05, 4.69) is 19.1 Å². The Bertz CT molecular complexity index is 641. The molecular weight excluding hydrogens is 326 g/mol. The van der Waals surface area contributed by atoms with E-state index in [1.165, 1.54) is 0 Å². The maximum Gasteiger partial charge on any atom is 0.274 e. The van der Waals surface area contributed by atoms with E-state index in [9.17, 15) is 14.5 Å². The van der Waals surface area contributed by atoms with Crippen LogP contribution >= 0.6 is 0 Å². The SMILES string of the molecule is CC1(C)COC1.CC1c2ccc(C(=O)NN=O)cc2OCCN1C=O. The van der Waals surface area contributed by atoms with Gasteiger partial charge in [0.05, 0.1) is 31.1 Å². The number of carbonyl (C=O) groups excluding carboxylic acids is 2. The number of rotatable bonds is 3. The molecule has 3 rings (SSSR count). The average molecular weight is 349 g/mol. The van der Waals surface area contributed by atoms with Crippen LogP contribution in [0.4, 0.5) is 0 Å². The lowest BCUT2D eigenvalue weighted by atomic mass is 9.92. The molecular formula is C17H23N3O5. The molecule has 0 saturated carbocycles. The molecule has 1 N–H and O–H groups in total. The Morgan fingerprint density at radius 1 is 1.40 bits per heavy atom. The Kier molecular flexibility index (Phi) is 6.08. The highest BCUT2D eigenvalue weighted by Crippen LogP contribution is 2.31. The van der Waals surface area contributed by atoms with E-state index < -0.39 is 5.91 Å². The van der Waals surface area contributed by atoms with Crippen molar-refractivity contribution in [1.82, 2.24) is 10.3 Å². The second kappa shape index (κ2) is 8.06. The maximum atomic E-state index is 11.5. The van der Waals surface area contributed by atoms with Crippen molar-refractivity contribution in [2.45, 2.75) is 26.8 Å². The quantitative estimate of drug-likeness (QED) is 0.512. The van der Waals surface area contributed by atoms with Gasteiger partial charge in [0.25, 0.3) is 5.91 Å². The third kappa shape index (κ3) is 4.76. The summed E-state index contributed by atoms with van der Waals surface area (Å²) in [6.45, 7) is 9.03. The summed E-state index contributed by atoms with van der Waals surface area (Å²) in [6, 6.07) is 4.69. The minimum atomic E-state index is -0.592. The Morgan fingerprint density at radius 2 is 2.08 bits per heavy atom. The van der Waals surface area contributed by atoms with E-state index in [0.717, 1.165) is 25.2 Å². The van der Waals surface area contributed by atoms with E-state index in [0.29, 0.717) is 24.3 Å². The number of ether oxygens (including phenoxy) is 2. The van der Waals surface area contributed by atoms with Crippen molar-refractivity contribution in [3.8, 4) is 5.75 Å². The van der Waals surface area contributed by atoms with Crippen LogP contribution < -0.4 is 10.2 Å². The fraction of sp³-hybridized carbons (Fsp3) is 0.529. The second-order valence-corrected chi connectivity index (χ2v) is 6.81. The van der Waals surface area contributed by atoms with Gasteiger partial charge in [-0.05, 0) is 19.1 Å². The third-order valence-electron chi connectivity index (χ3n) is 4.10. The number of nitrogens with one attached hydrogen (secondary N) is 1. The van der Waals surface area contributed by atoms with Crippen molar-refractivity contribution >= 4 is 12.3 Å². The van der Waals surface area contributed by atoms with Crippen molar-refractivity contribution in [3.63, 3.8) is 0 Å². The van der Waals surface area contributed by atoms with Gasteiger partial charge in [0.2, 0.25) is 6.41 Å². The minimum Gasteiger partial charge on any atom is -0.491 e. The van der Waals surface area contributed by atoms with Gasteiger partial charge in [0.15, 0.2) is 0 Å². The monoisotopic (exact) mass is 349 g/mol. The van der Waals surface area contributed by atoms with Crippen LogP contribution in [0, 0.1) is 10.3 Å². The molecule has 1 saturated heterocycles. The second-order valence-electron chi connectivity index (χ2n) is 6.81. The molecule has 1 atom stereocenters. The molecule has 25 heavy (non-hydrogen) atoms. The topological polar surface area (TPSA) is 97.3 Å². The first-order chi connectivity index (χ1) is 11.9. The van der Waals surface area contributed by atoms with Gasteiger partial charge in [-0.1, -0.05) is 19.9 Å². The summed E-state index contributed by atoms with van der Waals surface area (Å²) in [5, 5.41) is 2.34. The summed E-state index contributed by atoms with van der Waals surface area (Å²) >= 11 is 0. The molecule has 2 amide bonds. The molecule has 1 unspecified atom stereocenters. The van der Waals surface area contributed by atoms with Crippen LogP contribution in [0.2, 0.25) is 0 Å². The highest BCUT2D eigenvalue weighted by molar-refractivity contribution is 5.94. The molecule has 2 aliphatic rings. The molecule has 2 aliphatic heterocycles. The molecule has 1 fully saturated rings. The molecule has 136 valence electrons. The molecule has 1 aromatic rings. The van der Waals surface area contributed by atoms with Gasteiger partial charge < -0.3 is 14.4 Å². The summed E-state index contributed by atoms with van der Waals surface area (Å²) < 4.78 is 10.5. The smallest absolute Gasteiger partial charge is 0.274 e. The zero-order chi connectivity index (χ0) is 18.4. The molecule has 0 aliphatic carbocycles. The molecule has 8 nitrogen and oxygen atoms in total. The number of nitroso groups, excluding NO2 is 1. The minimum absolute atomic E-state index is 0.128. The number of amides is 2. The zero-order valence-corrected chi connectivity index (χ0v) is 14.7. The molecule has 0 radical (unpaired) electrons. The summed E-state index contributed by atoms with van der Waals surface area (Å²) in [4.78, 5) is 34.1. The predicted octanol–water partition coefficient (Wildman–Crippen LogP) is 2.05. The van der Waals surface area contributed by atoms with E-state index in [-0.39, 0.29) is 11.6 Å². The van der Waals surface area contributed by atoms with Gasteiger partial charge in [-0.2, -0.15) is 0 Å². The Balaban J connectivity index is 0.000000316. The molecule has 0 aromatic heterocycles. The van der Waals surface area contributed by atoms with Crippen LogP contribution in [0.25, 0.3) is 0 Å². The number of fused-ring (bicyclic) bond motifs is 1.